The van der Waals surface area contributed by atoms with Gasteiger partial charge in [-0.15, -0.1) is 22.7 Å². The van der Waals surface area contributed by atoms with Gasteiger partial charge >= 0.3 is 0 Å². The SMILES string of the molecule is c1cc(-c2ccc(N(c3ccc4sc5ccccc5c4c3)c3cccc4sc5ccccc5c34)cc2)cc(-c2ccccc2-n2c3ccccc3c3ccccc32)c1. The Kier molecular flexibility index (Phi) is 7.62. The van der Waals surface area contributed by atoms with E-state index in [0.29, 0.717) is 0 Å². The third-order valence-electron chi connectivity index (χ3n) is 11.6. The Morgan fingerprint density at radius 1 is 0.345 bits per heavy atom. The smallest absolute Gasteiger partial charge is 0.0554 e. The topological polar surface area (TPSA) is 8.17 Å². The van der Waals surface area contributed by atoms with Crippen molar-refractivity contribution < 1.29 is 0 Å². The van der Waals surface area contributed by atoms with Gasteiger partial charge in [0, 0.05) is 68.1 Å². The fraction of sp³-hybridized carbons (Fsp3) is 0. The predicted octanol–water partition coefficient (Wildman–Crippen LogP) is 16.3. The van der Waals surface area contributed by atoms with E-state index in [0.717, 1.165) is 11.4 Å². The van der Waals surface area contributed by atoms with E-state index >= 15 is 0 Å². The molecule has 0 aliphatic carbocycles. The summed E-state index contributed by atoms with van der Waals surface area (Å²) in [7, 11) is 0. The number of benzene rings is 9. The molecule has 0 N–H and O–H groups in total. The molecule has 9 aromatic carbocycles. The molecular formula is C54H34N2S2. The first kappa shape index (κ1) is 33.2. The lowest BCUT2D eigenvalue weighted by Crippen LogP contribution is -2.10. The van der Waals surface area contributed by atoms with Crippen LogP contribution in [-0.4, -0.2) is 4.57 Å². The number of nitrogens with zero attached hydrogens (tertiary/aromatic N) is 2. The summed E-state index contributed by atoms with van der Waals surface area (Å²) < 4.78 is 7.64. The van der Waals surface area contributed by atoms with E-state index in [1.165, 1.54) is 95.8 Å². The van der Waals surface area contributed by atoms with Gasteiger partial charge < -0.3 is 9.47 Å². The maximum absolute atomic E-state index is 2.45. The highest BCUT2D eigenvalue weighted by Crippen LogP contribution is 2.47. The molecule has 0 atom stereocenters. The van der Waals surface area contributed by atoms with E-state index in [-0.39, 0.29) is 0 Å². The number of fused-ring (bicyclic) bond motifs is 9. The average Bonchev–Trinajstić information content (AvgIpc) is 3.97. The number of rotatable bonds is 6. The molecule has 4 heteroatoms. The van der Waals surface area contributed by atoms with E-state index in [9.17, 15) is 0 Å². The van der Waals surface area contributed by atoms with Crippen molar-refractivity contribution in [3.05, 3.63) is 206 Å². The van der Waals surface area contributed by atoms with Crippen LogP contribution in [0.15, 0.2) is 206 Å². The molecule has 12 rings (SSSR count). The van der Waals surface area contributed by atoms with Crippen LogP contribution in [0, 0.1) is 0 Å². The monoisotopic (exact) mass is 774 g/mol. The lowest BCUT2D eigenvalue weighted by molar-refractivity contribution is 1.18. The molecule has 2 nitrogen and oxygen atoms in total. The molecule has 0 bridgehead atoms. The number of hydrogen-bond donors (Lipinski definition) is 0. The summed E-state index contributed by atoms with van der Waals surface area (Å²) in [6.07, 6.45) is 0. The highest BCUT2D eigenvalue weighted by Gasteiger charge is 2.20. The third kappa shape index (κ3) is 5.23. The lowest BCUT2D eigenvalue weighted by Gasteiger charge is -2.27. The summed E-state index contributed by atoms with van der Waals surface area (Å²) in [5.74, 6) is 0. The van der Waals surface area contributed by atoms with Crippen LogP contribution in [0.1, 0.15) is 0 Å². The number of anilines is 3. The molecule has 0 saturated carbocycles. The minimum atomic E-state index is 1.12. The highest BCUT2D eigenvalue weighted by molar-refractivity contribution is 7.26. The molecule has 0 spiro atoms. The minimum Gasteiger partial charge on any atom is -0.310 e. The fourth-order valence-electron chi connectivity index (χ4n) is 8.99. The van der Waals surface area contributed by atoms with Crippen LogP contribution in [0.3, 0.4) is 0 Å². The van der Waals surface area contributed by atoms with E-state index in [1.54, 1.807) is 0 Å². The van der Waals surface area contributed by atoms with E-state index < -0.39 is 0 Å². The van der Waals surface area contributed by atoms with E-state index in [1.807, 2.05) is 22.7 Å². The summed E-state index contributed by atoms with van der Waals surface area (Å²) in [5.41, 5.74) is 11.8. The second kappa shape index (κ2) is 13.3. The fourth-order valence-corrected chi connectivity index (χ4v) is 11.2. The van der Waals surface area contributed by atoms with Gasteiger partial charge in [0.15, 0.2) is 0 Å². The maximum atomic E-state index is 2.45. The minimum absolute atomic E-state index is 1.12. The summed E-state index contributed by atoms with van der Waals surface area (Å²) in [6, 6.07) is 75.7. The molecule has 58 heavy (non-hydrogen) atoms. The van der Waals surface area contributed by atoms with Crippen molar-refractivity contribution in [3.63, 3.8) is 0 Å². The predicted molar refractivity (Wildman–Crippen MR) is 252 cm³/mol. The first-order chi connectivity index (χ1) is 28.8. The zero-order valence-electron chi connectivity index (χ0n) is 31.3. The number of para-hydroxylation sites is 3. The molecule has 3 aromatic heterocycles. The molecule has 12 aromatic rings. The van der Waals surface area contributed by atoms with Gasteiger partial charge in [0.05, 0.1) is 22.4 Å². The van der Waals surface area contributed by atoms with Gasteiger partial charge in [-0.2, -0.15) is 0 Å². The van der Waals surface area contributed by atoms with Crippen LogP contribution >= 0.6 is 22.7 Å². The van der Waals surface area contributed by atoms with Gasteiger partial charge in [-0.25, -0.2) is 0 Å². The maximum Gasteiger partial charge on any atom is 0.0554 e. The van der Waals surface area contributed by atoms with Gasteiger partial charge in [0.25, 0.3) is 0 Å². The van der Waals surface area contributed by atoms with E-state index in [2.05, 4.69) is 216 Å². The summed E-state index contributed by atoms with van der Waals surface area (Å²) in [5, 5.41) is 7.71. The Balaban J connectivity index is 0.986. The molecule has 0 aliphatic heterocycles. The van der Waals surface area contributed by atoms with Crippen LogP contribution in [0.5, 0.6) is 0 Å². The largest absolute Gasteiger partial charge is 0.310 e. The van der Waals surface area contributed by atoms with Crippen molar-refractivity contribution in [2.75, 3.05) is 4.90 Å². The van der Waals surface area contributed by atoms with Crippen molar-refractivity contribution in [3.8, 4) is 27.9 Å². The Bertz CT molecular complexity index is 3480. The van der Waals surface area contributed by atoms with Crippen molar-refractivity contribution in [1.82, 2.24) is 4.57 Å². The van der Waals surface area contributed by atoms with Crippen molar-refractivity contribution in [2.24, 2.45) is 0 Å². The van der Waals surface area contributed by atoms with Gasteiger partial charge in [0.1, 0.15) is 0 Å². The first-order valence-corrected chi connectivity index (χ1v) is 21.3. The summed E-state index contributed by atoms with van der Waals surface area (Å²) >= 11 is 3.72. The zero-order chi connectivity index (χ0) is 38.2. The lowest BCUT2D eigenvalue weighted by atomic mass is 9.97. The number of thiophene rings is 2. The molecule has 0 radical (unpaired) electrons. The summed E-state index contributed by atoms with van der Waals surface area (Å²) in [6.45, 7) is 0. The van der Waals surface area contributed by atoms with Crippen molar-refractivity contribution in [1.29, 1.82) is 0 Å². The Morgan fingerprint density at radius 3 is 1.71 bits per heavy atom. The summed E-state index contributed by atoms with van der Waals surface area (Å²) in [4.78, 5) is 2.45. The third-order valence-corrected chi connectivity index (χ3v) is 13.9. The van der Waals surface area contributed by atoms with Crippen LogP contribution in [0.25, 0.3) is 90.1 Å². The first-order valence-electron chi connectivity index (χ1n) is 19.7. The Hall–Kier alpha value is -6.98. The second-order valence-electron chi connectivity index (χ2n) is 14.9. The normalized spacial score (nSPS) is 11.8. The molecule has 272 valence electrons. The quantitative estimate of drug-likeness (QED) is 0.163. The van der Waals surface area contributed by atoms with Crippen molar-refractivity contribution >= 4 is 102 Å². The van der Waals surface area contributed by atoms with Gasteiger partial charge in [0.2, 0.25) is 0 Å². The van der Waals surface area contributed by atoms with Crippen LogP contribution in [0.2, 0.25) is 0 Å². The molecular weight excluding hydrogens is 741 g/mol. The molecule has 0 saturated heterocycles. The molecule has 3 heterocycles. The van der Waals surface area contributed by atoms with Gasteiger partial charge in [-0.1, -0.05) is 127 Å². The Morgan fingerprint density at radius 2 is 0.914 bits per heavy atom. The van der Waals surface area contributed by atoms with E-state index in [4.69, 9.17) is 0 Å². The molecule has 0 unspecified atom stereocenters. The molecule has 0 amide bonds. The van der Waals surface area contributed by atoms with Gasteiger partial charge in [-0.3, -0.25) is 0 Å². The van der Waals surface area contributed by atoms with Crippen molar-refractivity contribution in [2.45, 2.75) is 0 Å². The molecule has 0 fully saturated rings. The number of aromatic nitrogens is 1. The average molecular weight is 775 g/mol. The zero-order valence-corrected chi connectivity index (χ0v) is 33.0. The van der Waals surface area contributed by atoms with Gasteiger partial charge in [-0.05, 0) is 95.6 Å². The highest BCUT2D eigenvalue weighted by atomic mass is 32.1. The Labute approximate surface area is 343 Å². The second-order valence-corrected chi connectivity index (χ2v) is 17.0. The standard InChI is InChI=1S/C54H34N2S2/c1-6-20-46(56-47-21-7-2-16-41(47)42-17-3-8-22-48(42)56)40(15-1)37-14-11-13-36(33-37)35-27-29-38(30-28-35)55(39-31-32-52-45(34-39)43-18-4-9-24-50(43)57-52)49-23-12-26-53-54(49)44-19-5-10-25-51(44)58-53/h1-34H. The van der Waals surface area contributed by atoms with Crippen LogP contribution < -0.4 is 4.90 Å². The van der Waals surface area contributed by atoms with Crippen LogP contribution in [0.4, 0.5) is 17.1 Å². The number of hydrogen-bond acceptors (Lipinski definition) is 3. The molecule has 0 aliphatic rings. The van der Waals surface area contributed by atoms with Crippen LogP contribution in [-0.2, 0) is 0 Å².